The highest BCUT2D eigenvalue weighted by Gasteiger charge is 2.24. The van der Waals surface area contributed by atoms with Crippen LogP contribution in [0.15, 0.2) is 159 Å². The van der Waals surface area contributed by atoms with Crippen molar-refractivity contribution in [1.29, 1.82) is 0 Å². The van der Waals surface area contributed by atoms with E-state index in [4.69, 9.17) is 4.98 Å². The molecular formula is C41H28N4. The van der Waals surface area contributed by atoms with Crippen LogP contribution in [0.1, 0.15) is 0 Å². The van der Waals surface area contributed by atoms with E-state index in [-0.39, 0.29) is 0 Å². The van der Waals surface area contributed by atoms with Gasteiger partial charge in [0.05, 0.1) is 33.1 Å². The molecule has 45 heavy (non-hydrogen) atoms. The van der Waals surface area contributed by atoms with Crippen molar-refractivity contribution in [3.8, 4) is 11.5 Å². The van der Waals surface area contributed by atoms with E-state index in [0.717, 1.165) is 39.3 Å². The van der Waals surface area contributed by atoms with E-state index in [1.165, 1.54) is 43.4 Å². The number of benzene rings is 5. The van der Waals surface area contributed by atoms with Gasteiger partial charge in [-0.15, -0.1) is 0 Å². The summed E-state index contributed by atoms with van der Waals surface area (Å²) in [6.07, 6.45) is 7.61. The van der Waals surface area contributed by atoms with Crippen molar-refractivity contribution in [2.24, 2.45) is 0 Å². The van der Waals surface area contributed by atoms with E-state index in [2.05, 4.69) is 136 Å². The van der Waals surface area contributed by atoms with Crippen LogP contribution in [0.5, 0.6) is 0 Å². The van der Waals surface area contributed by atoms with Crippen molar-refractivity contribution in [1.82, 2.24) is 18.7 Å². The van der Waals surface area contributed by atoms with Gasteiger partial charge in [-0.3, -0.25) is 4.57 Å². The van der Waals surface area contributed by atoms with Gasteiger partial charge >= 0.3 is 0 Å². The van der Waals surface area contributed by atoms with Gasteiger partial charge < -0.3 is 9.13 Å². The predicted octanol–water partition coefficient (Wildman–Crippen LogP) is 10.6. The molecule has 0 spiro atoms. The van der Waals surface area contributed by atoms with Crippen molar-refractivity contribution >= 4 is 71.1 Å². The Hall–Kier alpha value is -6.13. The maximum absolute atomic E-state index is 4.78. The summed E-state index contributed by atoms with van der Waals surface area (Å²) in [7, 11) is 0. The Morgan fingerprint density at radius 3 is 1.84 bits per heavy atom. The fourth-order valence-electron chi connectivity index (χ4n) is 7.30. The summed E-state index contributed by atoms with van der Waals surface area (Å²) in [6, 6.07) is 43.3. The molecule has 0 saturated carbocycles. The van der Waals surface area contributed by atoms with E-state index >= 15 is 0 Å². The number of allylic oxidation sites excluding steroid dienone is 4. The maximum Gasteiger partial charge on any atom is 0.137 e. The molecule has 0 fully saturated rings. The Bertz CT molecular complexity index is 2660. The highest BCUT2D eigenvalue weighted by Crippen LogP contribution is 2.45. The second-order valence-corrected chi connectivity index (χ2v) is 11.3. The molecule has 0 saturated heterocycles. The van der Waals surface area contributed by atoms with Gasteiger partial charge in [-0.05, 0) is 60.7 Å². The highest BCUT2D eigenvalue weighted by molar-refractivity contribution is 6.31. The fourth-order valence-corrected chi connectivity index (χ4v) is 7.30. The van der Waals surface area contributed by atoms with E-state index in [9.17, 15) is 0 Å². The maximum atomic E-state index is 4.78. The number of fused-ring (bicyclic) bond motifs is 11. The first kappa shape index (κ1) is 25.4. The van der Waals surface area contributed by atoms with Gasteiger partial charge in [0.1, 0.15) is 5.82 Å². The third kappa shape index (κ3) is 3.45. The summed E-state index contributed by atoms with van der Waals surface area (Å²) in [5.41, 5.74) is 9.01. The minimum atomic E-state index is 0.904. The first-order chi connectivity index (χ1) is 22.3. The molecule has 9 aromatic rings. The molecule has 9 rings (SSSR count). The van der Waals surface area contributed by atoms with Crippen LogP contribution in [0.25, 0.3) is 82.6 Å². The first-order valence-corrected chi connectivity index (χ1v) is 15.1. The van der Waals surface area contributed by atoms with E-state index < -0.39 is 0 Å². The second kappa shape index (κ2) is 9.69. The Kier molecular flexibility index (Phi) is 5.47. The largest absolute Gasteiger partial charge is 0.309 e. The summed E-state index contributed by atoms with van der Waals surface area (Å²) in [5.74, 6) is 0.904. The topological polar surface area (TPSA) is 27.7 Å². The lowest BCUT2D eigenvalue weighted by molar-refractivity contribution is 1.08. The average Bonchev–Trinajstić information content (AvgIpc) is 3.73. The van der Waals surface area contributed by atoms with Crippen molar-refractivity contribution in [2.75, 3.05) is 0 Å². The molecule has 0 N–H and O–H groups in total. The zero-order valence-corrected chi connectivity index (χ0v) is 24.6. The predicted molar refractivity (Wildman–Crippen MR) is 191 cm³/mol. The van der Waals surface area contributed by atoms with Crippen LogP contribution < -0.4 is 0 Å². The van der Waals surface area contributed by atoms with Gasteiger partial charge in [0.2, 0.25) is 0 Å². The Balaban J connectivity index is 1.57. The number of nitrogens with zero attached hydrogens (tertiary/aromatic N) is 4. The molecule has 4 heterocycles. The molecule has 0 atom stereocenters. The number of rotatable bonds is 5. The van der Waals surface area contributed by atoms with Crippen molar-refractivity contribution in [3.63, 3.8) is 0 Å². The smallest absolute Gasteiger partial charge is 0.137 e. The zero-order chi connectivity index (χ0) is 30.1. The van der Waals surface area contributed by atoms with E-state index in [1.54, 1.807) is 0 Å². The zero-order valence-electron chi connectivity index (χ0n) is 24.6. The second-order valence-electron chi connectivity index (χ2n) is 11.3. The van der Waals surface area contributed by atoms with E-state index in [1.807, 2.05) is 36.6 Å². The minimum Gasteiger partial charge on any atom is -0.309 e. The van der Waals surface area contributed by atoms with Gasteiger partial charge in [0.25, 0.3) is 0 Å². The summed E-state index contributed by atoms with van der Waals surface area (Å²) in [6.45, 7) is 8.13. The summed E-state index contributed by atoms with van der Waals surface area (Å²) in [4.78, 5) is 4.78. The number of hydrogen-bond acceptors (Lipinski definition) is 1. The molecule has 0 radical (unpaired) electrons. The Labute approximate surface area is 259 Å². The van der Waals surface area contributed by atoms with Gasteiger partial charge in [0.15, 0.2) is 0 Å². The Morgan fingerprint density at radius 1 is 0.533 bits per heavy atom. The minimum absolute atomic E-state index is 0.904. The SMILES string of the molecule is C=C/C=C(\C=C)n1c2ccccc2c2c1ccc1c3ccc4c(c5ccccc5n4-c4ccccn4)c3n(-c3ccccc3)c12. The lowest BCUT2D eigenvalue weighted by Gasteiger charge is -2.11. The molecule has 0 unspecified atom stereocenters. The lowest BCUT2D eigenvalue weighted by Crippen LogP contribution is -1.97. The van der Waals surface area contributed by atoms with Crippen molar-refractivity contribution in [2.45, 2.75) is 0 Å². The van der Waals surface area contributed by atoms with Crippen molar-refractivity contribution < 1.29 is 0 Å². The Morgan fingerprint density at radius 2 is 1.16 bits per heavy atom. The standard InChI is InChI=1S/C41H28N4/c1-3-14-27(4-2)43-33-19-10-8-17-31(33)38-35(43)24-22-29-30-23-25-36-39(41(30)44(40(29)38)28-15-6-5-7-16-28)32-18-9-11-20-34(32)45(36)37-21-12-13-26-42-37/h3-26H,1-2H2/b27-14+. The summed E-state index contributed by atoms with van der Waals surface area (Å²) in [5, 5.41) is 7.25. The number of aromatic nitrogens is 4. The van der Waals surface area contributed by atoms with Crippen LogP contribution in [-0.4, -0.2) is 18.7 Å². The van der Waals surface area contributed by atoms with Crippen LogP contribution >= 0.6 is 0 Å². The monoisotopic (exact) mass is 576 g/mol. The highest BCUT2D eigenvalue weighted by atomic mass is 15.1. The number of hydrogen-bond donors (Lipinski definition) is 0. The van der Waals surface area contributed by atoms with Crippen molar-refractivity contribution in [3.05, 3.63) is 159 Å². The summed E-state index contributed by atoms with van der Waals surface area (Å²) >= 11 is 0. The molecule has 5 aromatic carbocycles. The molecule has 0 amide bonds. The lowest BCUT2D eigenvalue weighted by atomic mass is 10.1. The normalized spacial score (nSPS) is 12.3. The molecule has 212 valence electrons. The van der Waals surface area contributed by atoms with Crippen LogP contribution in [0.4, 0.5) is 0 Å². The third-order valence-electron chi connectivity index (χ3n) is 9.01. The quantitative estimate of drug-likeness (QED) is 0.187. The number of pyridine rings is 1. The third-order valence-corrected chi connectivity index (χ3v) is 9.01. The number of para-hydroxylation sites is 3. The van der Waals surface area contributed by atoms with Gasteiger partial charge in [-0.2, -0.15) is 0 Å². The van der Waals surface area contributed by atoms with Crippen LogP contribution in [-0.2, 0) is 0 Å². The van der Waals surface area contributed by atoms with Gasteiger partial charge in [-0.25, -0.2) is 4.98 Å². The van der Waals surface area contributed by atoms with Crippen LogP contribution in [0, 0.1) is 0 Å². The fraction of sp³-hybridized carbons (Fsp3) is 0. The van der Waals surface area contributed by atoms with E-state index in [0.29, 0.717) is 0 Å². The van der Waals surface area contributed by atoms with Crippen LogP contribution in [0.2, 0.25) is 0 Å². The average molecular weight is 577 g/mol. The van der Waals surface area contributed by atoms with Crippen LogP contribution in [0.3, 0.4) is 0 Å². The molecule has 0 aliphatic rings. The first-order valence-electron chi connectivity index (χ1n) is 15.1. The molecule has 0 aliphatic carbocycles. The molecular weight excluding hydrogens is 548 g/mol. The molecule has 4 nitrogen and oxygen atoms in total. The molecule has 0 aliphatic heterocycles. The summed E-state index contributed by atoms with van der Waals surface area (Å²) < 4.78 is 7.06. The molecule has 4 aromatic heterocycles. The molecule has 0 bridgehead atoms. The molecule has 4 heteroatoms. The van der Waals surface area contributed by atoms with Gasteiger partial charge in [0, 0.05) is 49.9 Å². The van der Waals surface area contributed by atoms with Gasteiger partial charge in [-0.1, -0.05) is 92.0 Å².